The second kappa shape index (κ2) is 4.96. The number of hydrogen-bond acceptors (Lipinski definition) is 2. The Morgan fingerprint density at radius 3 is 2.83 bits per heavy atom. The Bertz CT molecular complexity index is 651. The normalized spacial score (nSPS) is 11.2. The Morgan fingerprint density at radius 1 is 1.11 bits per heavy atom. The summed E-state index contributed by atoms with van der Waals surface area (Å²) < 4.78 is 0. The molecule has 2 nitrogen and oxygen atoms in total. The third kappa shape index (κ3) is 2.19. The summed E-state index contributed by atoms with van der Waals surface area (Å²) in [6, 6.07) is 8.54. The number of fused-ring (bicyclic) bond motifs is 1. The van der Waals surface area contributed by atoms with Crippen molar-refractivity contribution in [2.24, 2.45) is 0 Å². The van der Waals surface area contributed by atoms with Gasteiger partial charge in [0.25, 0.3) is 0 Å². The Morgan fingerprint density at radius 2 is 2.00 bits per heavy atom. The largest absolute Gasteiger partial charge is 0.361 e. The third-order valence-corrected chi connectivity index (χ3v) is 4.18. The molecule has 18 heavy (non-hydrogen) atoms. The Hall–Kier alpha value is -1.58. The van der Waals surface area contributed by atoms with Crippen molar-refractivity contribution in [3.63, 3.8) is 0 Å². The van der Waals surface area contributed by atoms with Crippen LogP contribution in [0.2, 0.25) is 0 Å². The molecule has 0 unspecified atom stereocenters. The molecule has 0 radical (unpaired) electrons. The van der Waals surface area contributed by atoms with Crippen LogP contribution in [0.4, 0.5) is 0 Å². The van der Waals surface area contributed by atoms with E-state index in [1.54, 1.807) is 11.3 Å². The van der Waals surface area contributed by atoms with Gasteiger partial charge in [-0.15, -0.1) is 0 Å². The van der Waals surface area contributed by atoms with E-state index in [0.717, 1.165) is 13.1 Å². The van der Waals surface area contributed by atoms with Gasteiger partial charge in [0, 0.05) is 24.8 Å². The monoisotopic (exact) mass is 256 g/mol. The van der Waals surface area contributed by atoms with Crippen LogP contribution in [0, 0.1) is 6.92 Å². The summed E-state index contributed by atoms with van der Waals surface area (Å²) in [4.78, 5) is 3.31. The van der Waals surface area contributed by atoms with Crippen molar-refractivity contribution in [3.8, 4) is 0 Å². The molecule has 1 aromatic carbocycles. The van der Waals surface area contributed by atoms with E-state index in [1.807, 2.05) is 6.20 Å². The van der Waals surface area contributed by atoms with Gasteiger partial charge in [0.1, 0.15) is 0 Å². The lowest BCUT2D eigenvalue weighted by Crippen LogP contribution is -2.13. The van der Waals surface area contributed by atoms with Crippen molar-refractivity contribution in [1.29, 1.82) is 0 Å². The Balaban J connectivity index is 1.70. The first-order valence-electron chi connectivity index (χ1n) is 6.12. The number of H-pyrrole nitrogens is 1. The molecule has 0 atom stereocenters. The highest BCUT2D eigenvalue weighted by molar-refractivity contribution is 7.08. The van der Waals surface area contributed by atoms with Gasteiger partial charge in [0.15, 0.2) is 0 Å². The summed E-state index contributed by atoms with van der Waals surface area (Å²) in [5.41, 5.74) is 5.35. The molecule has 0 aliphatic heterocycles. The summed E-state index contributed by atoms with van der Waals surface area (Å²) in [5.74, 6) is 0. The molecular formula is C15H16N2S. The molecule has 0 aliphatic carbocycles. The average molecular weight is 256 g/mol. The van der Waals surface area contributed by atoms with Crippen molar-refractivity contribution in [3.05, 3.63) is 57.9 Å². The van der Waals surface area contributed by atoms with Crippen molar-refractivity contribution in [2.45, 2.75) is 20.0 Å². The van der Waals surface area contributed by atoms with Gasteiger partial charge < -0.3 is 10.3 Å². The molecule has 0 aliphatic rings. The molecule has 0 bridgehead atoms. The number of aryl methyl sites for hydroxylation is 1. The summed E-state index contributed by atoms with van der Waals surface area (Å²) in [5, 5.41) is 9.21. The zero-order chi connectivity index (χ0) is 12.4. The van der Waals surface area contributed by atoms with Crippen molar-refractivity contribution < 1.29 is 0 Å². The first-order valence-corrected chi connectivity index (χ1v) is 7.06. The minimum atomic E-state index is 0.896. The molecule has 0 spiro atoms. The van der Waals surface area contributed by atoms with E-state index >= 15 is 0 Å². The maximum Gasteiger partial charge on any atom is 0.0499 e. The van der Waals surface area contributed by atoms with Crippen LogP contribution in [0.15, 0.2) is 41.2 Å². The zero-order valence-corrected chi connectivity index (χ0v) is 11.2. The van der Waals surface area contributed by atoms with Gasteiger partial charge in [-0.3, -0.25) is 0 Å². The van der Waals surface area contributed by atoms with E-state index in [1.165, 1.54) is 27.6 Å². The highest BCUT2D eigenvalue weighted by atomic mass is 32.1. The van der Waals surface area contributed by atoms with E-state index in [0.29, 0.717) is 0 Å². The molecule has 3 aromatic rings. The molecule has 3 heteroatoms. The number of benzene rings is 1. The molecule has 0 amide bonds. The summed E-state index contributed by atoms with van der Waals surface area (Å²) in [6.07, 6.45) is 2.00. The summed E-state index contributed by atoms with van der Waals surface area (Å²) in [7, 11) is 0. The molecule has 2 aromatic heterocycles. The molecule has 2 heterocycles. The predicted molar refractivity (Wildman–Crippen MR) is 77.9 cm³/mol. The lowest BCUT2D eigenvalue weighted by atomic mass is 10.1. The molecular weight excluding hydrogens is 240 g/mol. The van der Waals surface area contributed by atoms with Crippen LogP contribution in [0.25, 0.3) is 10.9 Å². The van der Waals surface area contributed by atoms with Gasteiger partial charge in [-0.2, -0.15) is 11.3 Å². The maximum absolute atomic E-state index is 3.51. The van der Waals surface area contributed by atoms with Crippen molar-refractivity contribution in [1.82, 2.24) is 10.3 Å². The molecule has 3 rings (SSSR count). The number of aromatic nitrogens is 1. The SMILES string of the molecule is Cc1cscc1CNCc1cccc2cc[nH]c12. The molecule has 0 fully saturated rings. The summed E-state index contributed by atoms with van der Waals surface area (Å²) >= 11 is 1.77. The zero-order valence-electron chi connectivity index (χ0n) is 10.4. The van der Waals surface area contributed by atoms with Crippen LogP contribution in [0.1, 0.15) is 16.7 Å². The minimum Gasteiger partial charge on any atom is -0.361 e. The van der Waals surface area contributed by atoms with Crippen molar-refractivity contribution in [2.75, 3.05) is 0 Å². The fourth-order valence-corrected chi connectivity index (χ4v) is 3.05. The molecule has 0 saturated heterocycles. The number of aromatic amines is 1. The van der Waals surface area contributed by atoms with E-state index < -0.39 is 0 Å². The third-order valence-electron chi connectivity index (χ3n) is 3.27. The van der Waals surface area contributed by atoms with Crippen LogP contribution in [-0.2, 0) is 13.1 Å². The average Bonchev–Trinajstić information content (AvgIpc) is 2.99. The van der Waals surface area contributed by atoms with E-state index in [2.05, 4.69) is 52.3 Å². The fourth-order valence-electron chi connectivity index (χ4n) is 2.20. The quantitative estimate of drug-likeness (QED) is 0.729. The molecule has 0 saturated carbocycles. The number of thiophene rings is 1. The van der Waals surface area contributed by atoms with Gasteiger partial charge in [-0.1, -0.05) is 18.2 Å². The van der Waals surface area contributed by atoms with E-state index in [9.17, 15) is 0 Å². The lowest BCUT2D eigenvalue weighted by Gasteiger charge is -2.06. The van der Waals surface area contributed by atoms with Gasteiger partial charge in [0.05, 0.1) is 0 Å². The van der Waals surface area contributed by atoms with Gasteiger partial charge in [-0.05, 0) is 45.8 Å². The van der Waals surface area contributed by atoms with Crippen molar-refractivity contribution >= 4 is 22.2 Å². The number of hydrogen-bond donors (Lipinski definition) is 2. The highest BCUT2D eigenvalue weighted by Crippen LogP contribution is 2.17. The van der Waals surface area contributed by atoms with Crippen LogP contribution < -0.4 is 5.32 Å². The fraction of sp³-hybridized carbons (Fsp3) is 0.200. The number of nitrogens with one attached hydrogen (secondary N) is 2. The van der Waals surface area contributed by atoms with Crippen LogP contribution in [-0.4, -0.2) is 4.98 Å². The first-order chi connectivity index (χ1) is 8.84. The molecule has 2 N–H and O–H groups in total. The van der Waals surface area contributed by atoms with Crippen LogP contribution in [0.5, 0.6) is 0 Å². The maximum atomic E-state index is 3.51. The standard InChI is InChI=1S/C15H16N2S/c1-11-9-18-10-14(11)8-16-7-13-4-2-3-12-5-6-17-15(12)13/h2-6,9-10,16-17H,7-8H2,1H3. The van der Waals surface area contributed by atoms with Crippen LogP contribution >= 0.6 is 11.3 Å². The second-order valence-electron chi connectivity index (χ2n) is 4.54. The predicted octanol–water partition coefficient (Wildman–Crippen LogP) is 3.83. The smallest absolute Gasteiger partial charge is 0.0499 e. The van der Waals surface area contributed by atoms with Gasteiger partial charge >= 0.3 is 0 Å². The Kier molecular flexibility index (Phi) is 3.17. The van der Waals surface area contributed by atoms with Crippen LogP contribution in [0.3, 0.4) is 0 Å². The molecule has 92 valence electrons. The second-order valence-corrected chi connectivity index (χ2v) is 5.29. The van der Waals surface area contributed by atoms with E-state index in [4.69, 9.17) is 0 Å². The van der Waals surface area contributed by atoms with Gasteiger partial charge in [0.2, 0.25) is 0 Å². The van der Waals surface area contributed by atoms with E-state index in [-0.39, 0.29) is 0 Å². The topological polar surface area (TPSA) is 27.8 Å². The first kappa shape index (κ1) is 11.5. The Labute approximate surface area is 111 Å². The van der Waals surface area contributed by atoms with Gasteiger partial charge in [-0.25, -0.2) is 0 Å². The number of rotatable bonds is 4. The minimum absolute atomic E-state index is 0.896. The lowest BCUT2D eigenvalue weighted by molar-refractivity contribution is 0.695. The summed E-state index contributed by atoms with van der Waals surface area (Å²) in [6.45, 7) is 4.00. The highest BCUT2D eigenvalue weighted by Gasteiger charge is 2.02. The number of para-hydroxylation sites is 1.